The van der Waals surface area contributed by atoms with Crippen LogP contribution in [-0.4, -0.2) is 36.3 Å². The van der Waals surface area contributed by atoms with E-state index in [2.05, 4.69) is 41.0 Å². The maximum atomic E-state index is 14.4. The van der Waals surface area contributed by atoms with Crippen molar-refractivity contribution < 1.29 is 12.8 Å². The largest absolute Gasteiger partial charge is 0.316 e. The molecule has 2 heterocycles. The first-order valence-electron chi connectivity index (χ1n) is 11.2. The Morgan fingerprint density at radius 3 is 2.50 bits per heavy atom. The van der Waals surface area contributed by atoms with Crippen molar-refractivity contribution in [2.75, 3.05) is 17.8 Å². The lowest BCUT2D eigenvalue weighted by molar-refractivity contribution is 0.438. The predicted octanol–water partition coefficient (Wildman–Crippen LogP) is 4.84. The number of piperidine rings is 1. The molecule has 1 saturated heterocycles. The minimum atomic E-state index is -3.99. The molecule has 0 amide bonds. The summed E-state index contributed by atoms with van der Waals surface area (Å²) in [6.07, 6.45) is 2.02. The number of nitrogens with one attached hydrogen (secondary N) is 2. The normalized spacial score (nSPS) is 17.1. The summed E-state index contributed by atoms with van der Waals surface area (Å²) in [7, 11) is -2.17. The van der Waals surface area contributed by atoms with Crippen molar-refractivity contribution in [3.05, 3.63) is 58.6 Å². The van der Waals surface area contributed by atoms with Crippen LogP contribution < -0.4 is 10.0 Å². The molecule has 1 aliphatic rings. The molecule has 2 aromatic carbocycles. The van der Waals surface area contributed by atoms with Crippen LogP contribution in [0, 0.1) is 5.82 Å². The van der Waals surface area contributed by atoms with Crippen LogP contribution in [0.5, 0.6) is 0 Å². The van der Waals surface area contributed by atoms with Gasteiger partial charge in [-0.3, -0.25) is 4.72 Å². The first-order valence-corrected chi connectivity index (χ1v) is 13.1. The molecule has 2 N–H and O–H groups in total. The molecule has 0 saturated carbocycles. The summed E-state index contributed by atoms with van der Waals surface area (Å²) >= 11 is 6.07. The van der Waals surface area contributed by atoms with E-state index in [-0.39, 0.29) is 26.9 Å². The van der Waals surface area contributed by atoms with Crippen molar-refractivity contribution >= 4 is 27.3 Å². The number of aromatic nitrogens is 3. The van der Waals surface area contributed by atoms with Gasteiger partial charge in [-0.1, -0.05) is 44.5 Å². The van der Waals surface area contributed by atoms with Gasteiger partial charge < -0.3 is 9.88 Å². The number of nitrogens with zero attached hydrogens (tertiary/aromatic N) is 3. The molecule has 1 unspecified atom stereocenters. The quantitative estimate of drug-likeness (QED) is 0.518. The number of anilines is 1. The smallest absolute Gasteiger partial charge is 0.261 e. The lowest BCUT2D eigenvalue weighted by Crippen LogP contribution is -2.29. The zero-order valence-corrected chi connectivity index (χ0v) is 21.3. The Labute approximate surface area is 204 Å². The van der Waals surface area contributed by atoms with E-state index in [1.807, 2.05) is 11.6 Å². The van der Waals surface area contributed by atoms with Gasteiger partial charge in [0.2, 0.25) is 0 Å². The van der Waals surface area contributed by atoms with E-state index in [0.717, 1.165) is 43.4 Å². The molecular formula is C24H29ClFN5O2S. The summed E-state index contributed by atoms with van der Waals surface area (Å²) in [5.41, 5.74) is 1.30. The molecule has 1 fully saturated rings. The Morgan fingerprint density at radius 2 is 1.88 bits per heavy atom. The van der Waals surface area contributed by atoms with E-state index in [9.17, 15) is 12.8 Å². The molecule has 7 nitrogen and oxygen atoms in total. The number of sulfonamides is 1. The maximum absolute atomic E-state index is 14.4. The topological polar surface area (TPSA) is 88.9 Å². The van der Waals surface area contributed by atoms with Crippen LogP contribution in [-0.2, 0) is 22.5 Å². The zero-order chi connectivity index (χ0) is 24.7. The molecular weight excluding hydrogens is 477 g/mol. The summed E-state index contributed by atoms with van der Waals surface area (Å²) in [5, 5.41) is 11.9. The molecule has 0 bridgehead atoms. The van der Waals surface area contributed by atoms with E-state index in [1.165, 1.54) is 6.07 Å². The molecule has 0 spiro atoms. The average molecular weight is 506 g/mol. The number of hydrogen-bond donors (Lipinski definition) is 2. The lowest BCUT2D eigenvalue weighted by Gasteiger charge is -2.22. The Balaban J connectivity index is 1.71. The Morgan fingerprint density at radius 1 is 1.18 bits per heavy atom. The van der Waals surface area contributed by atoms with Gasteiger partial charge in [-0.2, -0.15) is 0 Å². The third-order valence-electron chi connectivity index (χ3n) is 6.15. The molecule has 10 heteroatoms. The third kappa shape index (κ3) is 4.96. The Hall–Kier alpha value is -2.49. The van der Waals surface area contributed by atoms with Gasteiger partial charge in [0.05, 0.1) is 15.6 Å². The summed E-state index contributed by atoms with van der Waals surface area (Å²) in [4.78, 5) is 0.0775. The molecule has 0 aliphatic carbocycles. The van der Waals surface area contributed by atoms with E-state index in [0.29, 0.717) is 11.4 Å². The van der Waals surface area contributed by atoms with Gasteiger partial charge in [0, 0.05) is 31.1 Å². The summed E-state index contributed by atoms with van der Waals surface area (Å²) in [5.74, 6) is 0.653. The third-order valence-corrected chi connectivity index (χ3v) is 7.82. The van der Waals surface area contributed by atoms with E-state index < -0.39 is 15.8 Å². The standard InChI is InChI=1S/C24H29ClFN5O2S/c1-24(2,3)16-7-9-17(10-8-16)34(32,33)30-21-13-20(26)19(25)12-18(21)23-29-28-22(31(23)4)15-6-5-11-27-14-15/h7-10,12-13,15,27,30H,5-6,11,14H2,1-4H3. The second kappa shape index (κ2) is 9.28. The molecule has 34 heavy (non-hydrogen) atoms. The number of halogens is 2. The molecule has 1 aliphatic heterocycles. The number of benzene rings is 2. The van der Waals surface area contributed by atoms with Crippen molar-refractivity contribution in [3.8, 4) is 11.4 Å². The van der Waals surface area contributed by atoms with Gasteiger partial charge in [-0.05, 0) is 48.6 Å². The van der Waals surface area contributed by atoms with Crippen LogP contribution in [0.25, 0.3) is 11.4 Å². The van der Waals surface area contributed by atoms with Crippen molar-refractivity contribution in [1.29, 1.82) is 0 Å². The maximum Gasteiger partial charge on any atom is 0.261 e. The first kappa shape index (κ1) is 24.6. The average Bonchev–Trinajstić information content (AvgIpc) is 3.17. The predicted molar refractivity (Wildman–Crippen MR) is 132 cm³/mol. The second-order valence-corrected chi connectivity index (χ2v) is 11.8. The van der Waals surface area contributed by atoms with E-state index >= 15 is 0 Å². The van der Waals surface area contributed by atoms with Crippen LogP contribution in [0.1, 0.15) is 50.9 Å². The van der Waals surface area contributed by atoms with Crippen molar-refractivity contribution in [2.24, 2.45) is 7.05 Å². The van der Waals surface area contributed by atoms with Crippen molar-refractivity contribution in [3.63, 3.8) is 0 Å². The molecule has 1 atom stereocenters. The van der Waals surface area contributed by atoms with Gasteiger partial charge in [-0.25, -0.2) is 12.8 Å². The highest BCUT2D eigenvalue weighted by Gasteiger charge is 2.25. The molecule has 4 rings (SSSR count). The highest BCUT2D eigenvalue weighted by Crippen LogP contribution is 2.35. The van der Waals surface area contributed by atoms with Crippen LogP contribution in [0.3, 0.4) is 0 Å². The minimum absolute atomic E-state index is 0.0469. The molecule has 1 aromatic heterocycles. The summed E-state index contributed by atoms with van der Waals surface area (Å²) in [6.45, 7) is 7.92. The van der Waals surface area contributed by atoms with Crippen LogP contribution in [0.4, 0.5) is 10.1 Å². The number of hydrogen-bond acceptors (Lipinski definition) is 5. The van der Waals surface area contributed by atoms with Gasteiger partial charge in [0.1, 0.15) is 11.6 Å². The summed E-state index contributed by atoms with van der Waals surface area (Å²) in [6, 6.07) is 9.12. The van der Waals surface area contributed by atoms with Crippen LogP contribution >= 0.6 is 11.6 Å². The van der Waals surface area contributed by atoms with Gasteiger partial charge >= 0.3 is 0 Å². The highest BCUT2D eigenvalue weighted by molar-refractivity contribution is 7.92. The van der Waals surface area contributed by atoms with Crippen LogP contribution in [0.15, 0.2) is 41.3 Å². The fourth-order valence-electron chi connectivity index (χ4n) is 4.16. The van der Waals surface area contributed by atoms with E-state index in [1.54, 1.807) is 24.3 Å². The Kier molecular flexibility index (Phi) is 6.72. The molecule has 3 aromatic rings. The molecule has 0 radical (unpaired) electrons. The lowest BCUT2D eigenvalue weighted by atomic mass is 9.87. The van der Waals surface area contributed by atoms with Crippen LogP contribution in [0.2, 0.25) is 5.02 Å². The SMILES string of the molecule is Cn1c(-c2cc(Cl)c(F)cc2NS(=O)(=O)c2ccc(C(C)(C)C)cc2)nnc1C1CCCNC1. The fourth-order valence-corrected chi connectivity index (χ4v) is 5.39. The minimum Gasteiger partial charge on any atom is -0.316 e. The first-order chi connectivity index (χ1) is 16.0. The van der Waals surface area contributed by atoms with Crippen molar-refractivity contribution in [1.82, 2.24) is 20.1 Å². The fraction of sp³-hybridized carbons (Fsp3) is 0.417. The molecule has 182 valence electrons. The van der Waals surface area contributed by atoms with E-state index in [4.69, 9.17) is 11.6 Å². The van der Waals surface area contributed by atoms with Gasteiger partial charge in [-0.15, -0.1) is 10.2 Å². The van der Waals surface area contributed by atoms with Crippen molar-refractivity contribution in [2.45, 2.75) is 49.8 Å². The van der Waals surface area contributed by atoms with Gasteiger partial charge in [0.15, 0.2) is 5.82 Å². The monoisotopic (exact) mass is 505 g/mol. The number of rotatable bonds is 5. The highest BCUT2D eigenvalue weighted by atomic mass is 35.5. The van der Waals surface area contributed by atoms with Gasteiger partial charge in [0.25, 0.3) is 10.0 Å². The second-order valence-electron chi connectivity index (χ2n) is 9.68. The summed E-state index contributed by atoms with van der Waals surface area (Å²) < 4.78 is 45.1. The Bertz CT molecular complexity index is 1290. The zero-order valence-electron chi connectivity index (χ0n) is 19.7.